The molecule has 0 aliphatic rings. The maximum atomic E-state index is 13.3. The number of hydrogen-bond acceptors (Lipinski definition) is 4. The highest BCUT2D eigenvalue weighted by atomic mass is 19.1. The minimum Gasteiger partial charge on any atom is -0.388 e. The van der Waals surface area contributed by atoms with Gasteiger partial charge in [-0.1, -0.05) is 12.1 Å². The van der Waals surface area contributed by atoms with E-state index in [1.807, 2.05) is 0 Å². The zero-order valence-electron chi connectivity index (χ0n) is 8.39. The van der Waals surface area contributed by atoms with Gasteiger partial charge in [-0.05, 0) is 18.2 Å². The van der Waals surface area contributed by atoms with Crippen molar-refractivity contribution < 1.29 is 9.50 Å². The molecule has 4 nitrogen and oxygen atoms in total. The molecule has 82 valence electrons. The highest BCUT2D eigenvalue weighted by Crippen LogP contribution is 2.17. The van der Waals surface area contributed by atoms with Gasteiger partial charge >= 0.3 is 0 Å². The van der Waals surface area contributed by atoms with Gasteiger partial charge in [0.15, 0.2) is 5.82 Å². The molecule has 1 heterocycles. The van der Waals surface area contributed by atoms with Gasteiger partial charge in [0.25, 0.3) is 0 Å². The number of halogens is 1. The van der Waals surface area contributed by atoms with Crippen molar-refractivity contribution in [2.45, 2.75) is 6.61 Å². The maximum Gasteiger partial charge on any atom is 0.156 e. The quantitative estimate of drug-likeness (QED) is 0.827. The lowest BCUT2D eigenvalue weighted by Crippen LogP contribution is -2.00. The number of benzene rings is 1. The van der Waals surface area contributed by atoms with Crippen molar-refractivity contribution in [3.63, 3.8) is 0 Å². The number of para-hydroxylation sites is 1. The van der Waals surface area contributed by atoms with E-state index in [0.717, 1.165) is 0 Å². The number of aliphatic hydroxyl groups excluding tert-OH is 1. The highest BCUT2D eigenvalue weighted by molar-refractivity contribution is 5.56. The lowest BCUT2D eigenvalue weighted by atomic mass is 10.3. The van der Waals surface area contributed by atoms with Crippen molar-refractivity contribution >= 4 is 11.5 Å². The van der Waals surface area contributed by atoms with Crippen LogP contribution >= 0.6 is 0 Å². The van der Waals surface area contributed by atoms with Crippen molar-refractivity contribution in [1.29, 1.82) is 0 Å². The second kappa shape index (κ2) is 4.67. The summed E-state index contributed by atoms with van der Waals surface area (Å²) in [5.74, 6) is 0.386. The summed E-state index contributed by atoms with van der Waals surface area (Å²) in [5, 5.41) is 11.7. The zero-order chi connectivity index (χ0) is 11.4. The van der Waals surface area contributed by atoms with E-state index in [2.05, 4.69) is 15.3 Å². The predicted molar refractivity (Wildman–Crippen MR) is 57.6 cm³/mol. The molecule has 0 unspecified atom stereocenters. The molecule has 0 atom stereocenters. The highest BCUT2D eigenvalue weighted by Gasteiger charge is 2.02. The molecule has 0 saturated carbocycles. The molecule has 2 N–H and O–H groups in total. The van der Waals surface area contributed by atoms with E-state index in [1.54, 1.807) is 24.3 Å². The average molecular weight is 219 g/mol. The first-order valence-corrected chi connectivity index (χ1v) is 4.74. The van der Waals surface area contributed by atoms with Crippen LogP contribution in [0.3, 0.4) is 0 Å². The molecule has 0 aliphatic heterocycles. The molecule has 16 heavy (non-hydrogen) atoms. The van der Waals surface area contributed by atoms with Crippen LogP contribution < -0.4 is 5.32 Å². The van der Waals surface area contributed by atoms with Gasteiger partial charge in [0.1, 0.15) is 18.2 Å². The monoisotopic (exact) mass is 219 g/mol. The first-order valence-electron chi connectivity index (χ1n) is 4.74. The van der Waals surface area contributed by atoms with Gasteiger partial charge in [-0.2, -0.15) is 0 Å². The van der Waals surface area contributed by atoms with Gasteiger partial charge in [-0.3, -0.25) is 0 Å². The molecule has 0 bridgehead atoms. The predicted octanol–water partition coefficient (Wildman–Crippen LogP) is 1.85. The SMILES string of the molecule is OCc1nccc(Nc2ccccc2F)n1. The van der Waals surface area contributed by atoms with Gasteiger partial charge in [-0.15, -0.1) is 0 Å². The first kappa shape index (κ1) is 10.5. The summed E-state index contributed by atoms with van der Waals surface area (Å²) in [6.07, 6.45) is 1.50. The molecule has 1 aromatic heterocycles. The molecular weight excluding hydrogens is 209 g/mol. The van der Waals surface area contributed by atoms with E-state index in [1.165, 1.54) is 12.3 Å². The molecular formula is C11H10FN3O. The fourth-order valence-electron chi connectivity index (χ4n) is 1.25. The van der Waals surface area contributed by atoms with Gasteiger partial charge in [0.05, 0.1) is 5.69 Å². The van der Waals surface area contributed by atoms with E-state index in [0.29, 0.717) is 17.3 Å². The minimum atomic E-state index is -0.355. The summed E-state index contributed by atoms with van der Waals surface area (Å²) in [6, 6.07) is 7.90. The van der Waals surface area contributed by atoms with Gasteiger partial charge in [-0.25, -0.2) is 14.4 Å². The number of hydrogen-bond donors (Lipinski definition) is 2. The largest absolute Gasteiger partial charge is 0.388 e. The molecule has 0 saturated heterocycles. The number of aromatic nitrogens is 2. The second-order valence-electron chi connectivity index (χ2n) is 3.12. The van der Waals surface area contributed by atoms with Crippen LogP contribution in [-0.4, -0.2) is 15.1 Å². The molecule has 0 radical (unpaired) electrons. The lowest BCUT2D eigenvalue weighted by Gasteiger charge is -2.06. The van der Waals surface area contributed by atoms with E-state index >= 15 is 0 Å². The van der Waals surface area contributed by atoms with Crippen LogP contribution in [0.2, 0.25) is 0 Å². The second-order valence-corrected chi connectivity index (χ2v) is 3.12. The standard InChI is InChI=1S/C11H10FN3O/c12-8-3-1-2-4-9(8)14-10-5-6-13-11(7-16)15-10/h1-6,16H,7H2,(H,13,14,15). The summed E-state index contributed by atoms with van der Waals surface area (Å²) in [7, 11) is 0. The van der Waals surface area contributed by atoms with Crippen molar-refractivity contribution in [3.8, 4) is 0 Å². The molecule has 2 rings (SSSR count). The van der Waals surface area contributed by atoms with Crippen LogP contribution in [0.4, 0.5) is 15.9 Å². The van der Waals surface area contributed by atoms with Crippen molar-refractivity contribution in [2.75, 3.05) is 5.32 Å². The Morgan fingerprint density at radius 1 is 1.25 bits per heavy atom. The van der Waals surface area contributed by atoms with Gasteiger partial charge < -0.3 is 10.4 Å². The summed E-state index contributed by atoms with van der Waals surface area (Å²) < 4.78 is 13.3. The normalized spacial score (nSPS) is 10.1. The molecule has 1 aromatic carbocycles. The van der Waals surface area contributed by atoms with Crippen molar-refractivity contribution in [2.24, 2.45) is 0 Å². The Balaban J connectivity index is 2.24. The Morgan fingerprint density at radius 3 is 2.81 bits per heavy atom. The van der Waals surface area contributed by atoms with Crippen LogP contribution in [0.5, 0.6) is 0 Å². The van der Waals surface area contributed by atoms with Crippen LogP contribution in [0, 0.1) is 5.82 Å². The average Bonchev–Trinajstić information content (AvgIpc) is 2.32. The van der Waals surface area contributed by atoms with E-state index in [9.17, 15) is 4.39 Å². The number of aliphatic hydroxyl groups is 1. The molecule has 0 fully saturated rings. The summed E-state index contributed by atoms with van der Waals surface area (Å²) in [5.41, 5.74) is 0.338. The van der Waals surface area contributed by atoms with Crippen molar-refractivity contribution in [1.82, 2.24) is 9.97 Å². The topological polar surface area (TPSA) is 58.0 Å². The number of nitrogens with zero attached hydrogens (tertiary/aromatic N) is 2. The smallest absolute Gasteiger partial charge is 0.156 e. The number of anilines is 2. The molecule has 0 aliphatic carbocycles. The van der Waals surface area contributed by atoms with E-state index in [-0.39, 0.29) is 12.4 Å². The Labute approximate surface area is 91.8 Å². The molecule has 5 heteroatoms. The lowest BCUT2D eigenvalue weighted by molar-refractivity contribution is 0.271. The third-order valence-corrected chi connectivity index (χ3v) is 1.98. The minimum absolute atomic E-state index is 0.243. The maximum absolute atomic E-state index is 13.3. The molecule has 0 amide bonds. The third kappa shape index (κ3) is 2.32. The van der Waals surface area contributed by atoms with Crippen LogP contribution in [0.1, 0.15) is 5.82 Å². The Bertz CT molecular complexity index is 490. The number of nitrogens with one attached hydrogen (secondary N) is 1. The Morgan fingerprint density at radius 2 is 2.06 bits per heavy atom. The van der Waals surface area contributed by atoms with Crippen LogP contribution in [-0.2, 0) is 6.61 Å². The molecule has 2 aromatic rings. The fourth-order valence-corrected chi connectivity index (χ4v) is 1.25. The first-order chi connectivity index (χ1) is 7.79. The zero-order valence-corrected chi connectivity index (χ0v) is 8.39. The Hall–Kier alpha value is -2.01. The summed E-state index contributed by atoms with van der Waals surface area (Å²) in [4.78, 5) is 7.82. The molecule has 0 spiro atoms. The van der Waals surface area contributed by atoms with E-state index in [4.69, 9.17) is 5.11 Å². The Kier molecular flexibility index (Phi) is 3.07. The van der Waals surface area contributed by atoms with Crippen molar-refractivity contribution in [3.05, 3.63) is 48.2 Å². The summed E-state index contributed by atoms with van der Waals surface area (Å²) >= 11 is 0. The van der Waals surface area contributed by atoms with Crippen LogP contribution in [0.25, 0.3) is 0 Å². The summed E-state index contributed by atoms with van der Waals surface area (Å²) in [6.45, 7) is -0.243. The third-order valence-electron chi connectivity index (χ3n) is 1.98. The van der Waals surface area contributed by atoms with E-state index < -0.39 is 0 Å². The fraction of sp³-hybridized carbons (Fsp3) is 0.0909. The van der Waals surface area contributed by atoms with Gasteiger partial charge in [0.2, 0.25) is 0 Å². The number of rotatable bonds is 3. The van der Waals surface area contributed by atoms with Crippen LogP contribution in [0.15, 0.2) is 36.5 Å². The van der Waals surface area contributed by atoms with Gasteiger partial charge in [0, 0.05) is 6.20 Å².